The van der Waals surface area contributed by atoms with Gasteiger partial charge in [-0.3, -0.25) is 14.9 Å². The monoisotopic (exact) mass is 443 g/mol. The Morgan fingerprint density at radius 1 is 1.24 bits per heavy atom. The summed E-state index contributed by atoms with van der Waals surface area (Å²) in [6.45, 7) is 4.75. The summed E-state index contributed by atoms with van der Waals surface area (Å²) in [5.41, 5.74) is -0.191. The topological polar surface area (TPSA) is 87.7 Å². The van der Waals surface area contributed by atoms with Crippen LogP contribution in [0.5, 0.6) is 5.75 Å². The molecule has 1 aromatic carbocycles. The number of Topliss-reactive ketones (excluding diaryl/α,β-unsaturated/α-hetero) is 1. The lowest BCUT2D eigenvalue weighted by Crippen LogP contribution is -2.54. The number of carbonyl (C=O) groups is 3. The van der Waals surface area contributed by atoms with Crippen molar-refractivity contribution in [1.29, 1.82) is 0 Å². The fourth-order valence-electron chi connectivity index (χ4n) is 3.80. The van der Waals surface area contributed by atoms with Crippen LogP contribution in [0.4, 0.5) is 4.79 Å². The van der Waals surface area contributed by atoms with Gasteiger partial charge in [0.1, 0.15) is 11.3 Å². The number of nitrogens with one attached hydrogen (secondary N) is 2. The van der Waals surface area contributed by atoms with Crippen molar-refractivity contribution in [3.05, 3.63) is 28.8 Å². The number of amides is 3. The molecule has 160 valence electrons. The van der Waals surface area contributed by atoms with E-state index in [9.17, 15) is 14.4 Å². The van der Waals surface area contributed by atoms with Crippen molar-refractivity contribution < 1.29 is 19.1 Å². The van der Waals surface area contributed by atoms with E-state index in [-0.39, 0.29) is 24.1 Å². The van der Waals surface area contributed by atoms with Gasteiger partial charge in [0.05, 0.1) is 12.2 Å². The number of hydrogen-bond donors (Lipinski definition) is 2. The first-order valence-corrected chi connectivity index (χ1v) is 10.1. The number of carbonyl (C=O) groups excluding carboxylic acids is 3. The molecule has 1 aromatic rings. The molecule has 0 aromatic heterocycles. The lowest BCUT2D eigenvalue weighted by atomic mass is 9.87. The Hall–Kier alpha value is -1.83. The maximum atomic E-state index is 12.5. The van der Waals surface area contributed by atoms with Crippen LogP contribution in [0.1, 0.15) is 49.4 Å². The predicted octanol–water partition coefficient (Wildman–Crippen LogP) is 3.19. The first-order chi connectivity index (χ1) is 13.4. The second-order valence-electron chi connectivity index (χ2n) is 7.29. The van der Waals surface area contributed by atoms with Crippen LogP contribution < -0.4 is 15.4 Å². The number of imide groups is 1. The highest BCUT2D eigenvalue weighted by atomic mass is 35.5. The van der Waals surface area contributed by atoms with Gasteiger partial charge in [-0.15, -0.1) is 12.4 Å². The van der Waals surface area contributed by atoms with E-state index in [1.165, 1.54) is 0 Å². The molecule has 0 aliphatic carbocycles. The summed E-state index contributed by atoms with van der Waals surface area (Å²) in [7, 11) is 0. The second kappa shape index (κ2) is 10.3. The van der Waals surface area contributed by atoms with E-state index < -0.39 is 11.6 Å². The van der Waals surface area contributed by atoms with Gasteiger partial charge in [-0.2, -0.15) is 0 Å². The zero-order chi connectivity index (χ0) is 20.1. The number of halogens is 2. The molecular formula is C20H27Cl2N3O4. The number of unbranched alkanes of at least 4 members (excludes halogenated alkanes) is 1. The highest BCUT2D eigenvalue weighted by molar-refractivity contribution is 6.31. The number of nitrogens with zero attached hydrogens (tertiary/aromatic N) is 1. The molecule has 0 unspecified atom stereocenters. The number of rotatable bonds is 8. The summed E-state index contributed by atoms with van der Waals surface area (Å²) < 4.78 is 5.53. The Morgan fingerprint density at radius 3 is 2.59 bits per heavy atom. The third-order valence-corrected chi connectivity index (χ3v) is 5.63. The summed E-state index contributed by atoms with van der Waals surface area (Å²) in [4.78, 5) is 38.2. The van der Waals surface area contributed by atoms with Crippen LogP contribution >= 0.6 is 24.0 Å². The van der Waals surface area contributed by atoms with Gasteiger partial charge in [-0.1, -0.05) is 11.6 Å². The maximum absolute atomic E-state index is 12.5. The summed E-state index contributed by atoms with van der Waals surface area (Å²) in [6.07, 6.45) is 3.34. The molecule has 9 heteroatoms. The largest absolute Gasteiger partial charge is 0.493 e. The summed E-state index contributed by atoms with van der Waals surface area (Å²) >= 11 is 6.03. The van der Waals surface area contributed by atoms with E-state index in [0.29, 0.717) is 42.2 Å². The van der Waals surface area contributed by atoms with Gasteiger partial charge in [-0.25, -0.2) is 4.79 Å². The molecule has 3 rings (SSSR count). The molecule has 0 saturated carbocycles. The quantitative estimate of drug-likeness (QED) is 0.365. The fraction of sp³-hybridized carbons (Fsp3) is 0.550. The van der Waals surface area contributed by atoms with Crippen LogP contribution in [0.2, 0.25) is 5.02 Å². The lowest BCUT2D eigenvalue weighted by Gasteiger charge is -2.36. The van der Waals surface area contributed by atoms with Gasteiger partial charge in [0.25, 0.3) is 5.91 Å². The van der Waals surface area contributed by atoms with Crippen LogP contribution in [0.15, 0.2) is 18.2 Å². The molecule has 0 bridgehead atoms. The van der Waals surface area contributed by atoms with Crippen molar-refractivity contribution in [2.45, 2.75) is 44.6 Å². The highest BCUT2D eigenvalue weighted by Crippen LogP contribution is 2.27. The SMILES string of the molecule is CCOc1ccc(Cl)cc1C(=O)CCCCN1CCC2(CC1)NC(=O)NC2=O.Cl. The first kappa shape index (κ1) is 23.4. The molecule has 29 heavy (non-hydrogen) atoms. The molecule has 2 fully saturated rings. The van der Waals surface area contributed by atoms with Gasteiger partial charge in [0.15, 0.2) is 5.78 Å². The molecule has 2 aliphatic rings. The van der Waals surface area contributed by atoms with E-state index in [0.717, 1.165) is 32.5 Å². The molecule has 0 atom stereocenters. The minimum absolute atomic E-state index is 0. The minimum atomic E-state index is -0.730. The number of piperidine rings is 1. The Labute approximate surface area is 181 Å². The number of ether oxygens (including phenoxy) is 1. The van der Waals surface area contributed by atoms with Crippen LogP contribution in [-0.4, -0.2) is 54.4 Å². The van der Waals surface area contributed by atoms with Crippen molar-refractivity contribution in [3.63, 3.8) is 0 Å². The van der Waals surface area contributed by atoms with E-state index in [2.05, 4.69) is 15.5 Å². The molecule has 2 aliphatic heterocycles. The van der Waals surface area contributed by atoms with Crippen molar-refractivity contribution >= 4 is 41.7 Å². The molecule has 0 radical (unpaired) electrons. The normalized spacial score (nSPS) is 18.1. The van der Waals surface area contributed by atoms with Crippen LogP contribution in [0.25, 0.3) is 0 Å². The van der Waals surface area contributed by atoms with Gasteiger partial charge in [0, 0.05) is 24.5 Å². The van der Waals surface area contributed by atoms with Gasteiger partial charge >= 0.3 is 6.03 Å². The Balaban J connectivity index is 0.00000300. The molecule has 7 nitrogen and oxygen atoms in total. The fourth-order valence-corrected chi connectivity index (χ4v) is 3.97. The smallest absolute Gasteiger partial charge is 0.322 e. The van der Waals surface area contributed by atoms with Crippen LogP contribution in [0, 0.1) is 0 Å². The van der Waals surface area contributed by atoms with Gasteiger partial charge in [0.2, 0.25) is 0 Å². The Morgan fingerprint density at radius 2 is 1.97 bits per heavy atom. The molecular weight excluding hydrogens is 417 g/mol. The average Bonchev–Trinajstić information content (AvgIpc) is 2.94. The van der Waals surface area contributed by atoms with E-state index in [1.807, 2.05) is 6.92 Å². The number of ketones is 1. The van der Waals surface area contributed by atoms with Crippen LogP contribution in [0.3, 0.4) is 0 Å². The number of hydrogen-bond acceptors (Lipinski definition) is 5. The van der Waals surface area contributed by atoms with Crippen molar-refractivity contribution in [3.8, 4) is 5.75 Å². The van der Waals surface area contributed by atoms with E-state index in [4.69, 9.17) is 16.3 Å². The third-order valence-electron chi connectivity index (χ3n) is 5.39. The van der Waals surface area contributed by atoms with Crippen molar-refractivity contribution in [1.82, 2.24) is 15.5 Å². The Bertz CT molecular complexity index is 764. The second-order valence-corrected chi connectivity index (χ2v) is 7.72. The summed E-state index contributed by atoms with van der Waals surface area (Å²) in [5.74, 6) is 0.401. The van der Waals surface area contributed by atoms with Gasteiger partial charge in [-0.05, 0) is 57.4 Å². The number of urea groups is 1. The molecule has 1 spiro atoms. The number of benzene rings is 1. The molecule has 2 heterocycles. The predicted molar refractivity (Wildman–Crippen MR) is 113 cm³/mol. The highest BCUT2D eigenvalue weighted by Gasteiger charge is 2.47. The van der Waals surface area contributed by atoms with E-state index in [1.54, 1.807) is 18.2 Å². The average molecular weight is 444 g/mol. The maximum Gasteiger partial charge on any atom is 0.322 e. The standard InChI is InChI=1S/C20H26ClN3O4.ClH/c1-2-28-17-7-6-14(21)13-15(17)16(25)5-3-4-10-24-11-8-20(9-12-24)18(26)22-19(27)23-20;/h6-7,13H,2-5,8-12H2,1H3,(H2,22,23,26,27);1H. The van der Waals surface area contributed by atoms with E-state index >= 15 is 0 Å². The van der Waals surface area contributed by atoms with Crippen LogP contribution in [-0.2, 0) is 4.79 Å². The molecule has 3 amide bonds. The number of likely N-dealkylation sites (tertiary alicyclic amines) is 1. The zero-order valence-corrected chi connectivity index (χ0v) is 18.0. The Kier molecular flexibility index (Phi) is 8.31. The van der Waals surface area contributed by atoms with Crippen molar-refractivity contribution in [2.75, 3.05) is 26.2 Å². The third kappa shape index (κ3) is 5.62. The van der Waals surface area contributed by atoms with Crippen molar-refractivity contribution in [2.24, 2.45) is 0 Å². The molecule has 2 N–H and O–H groups in total. The summed E-state index contributed by atoms with van der Waals surface area (Å²) in [6, 6.07) is 4.73. The molecule has 2 saturated heterocycles. The first-order valence-electron chi connectivity index (χ1n) is 9.75. The zero-order valence-electron chi connectivity index (χ0n) is 16.5. The lowest BCUT2D eigenvalue weighted by molar-refractivity contribution is -0.125. The summed E-state index contributed by atoms with van der Waals surface area (Å²) in [5, 5.41) is 5.62. The minimum Gasteiger partial charge on any atom is -0.493 e. The van der Waals surface area contributed by atoms with Gasteiger partial charge < -0.3 is 15.0 Å².